The number of carbonyl (C=O) groups excluding carboxylic acids is 2. The third kappa shape index (κ3) is 71.7. The lowest BCUT2D eigenvalue weighted by atomic mass is 10.0. The van der Waals surface area contributed by atoms with Gasteiger partial charge in [-0.3, -0.25) is 9.59 Å². The number of hydrogen-bond donors (Lipinski definition) is 3. The predicted molar refractivity (Wildman–Crippen MR) is 380 cm³/mol. The maximum atomic E-state index is 12.6. The number of rotatable bonds is 76. The highest BCUT2D eigenvalue weighted by atomic mass is 16.5. The van der Waals surface area contributed by atoms with E-state index in [1.54, 1.807) is 0 Å². The monoisotopic (exact) mass is 1210 g/mol. The maximum Gasteiger partial charge on any atom is 0.305 e. The van der Waals surface area contributed by atoms with Gasteiger partial charge in [0.05, 0.1) is 25.4 Å². The lowest BCUT2D eigenvalue weighted by Crippen LogP contribution is -2.45. The number of amides is 1. The molecule has 0 saturated heterocycles. The molecule has 6 heteroatoms. The van der Waals surface area contributed by atoms with E-state index >= 15 is 0 Å². The number of nitrogens with one attached hydrogen (secondary N) is 1. The fraction of sp³-hybridized carbons (Fsp3) is 0.950. The second-order valence-electron chi connectivity index (χ2n) is 27.8. The first kappa shape index (κ1) is 84.6. The highest BCUT2D eigenvalue weighted by Crippen LogP contribution is 2.20. The molecule has 0 heterocycles. The first-order valence-corrected chi connectivity index (χ1v) is 39.9. The number of aliphatic hydroxyl groups excluding tert-OH is 2. The molecule has 2 unspecified atom stereocenters. The molecule has 6 nitrogen and oxygen atoms in total. The zero-order valence-electron chi connectivity index (χ0n) is 58.8. The van der Waals surface area contributed by atoms with Crippen molar-refractivity contribution in [3.05, 3.63) is 12.2 Å². The Bertz CT molecular complexity index is 1300. The Balaban J connectivity index is 3.33. The number of carbonyl (C=O) groups is 2. The molecule has 0 bridgehead atoms. The van der Waals surface area contributed by atoms with Gasteiger partial charge in [0.2, 0.25) is 5.91 Å². The van der Waals surface area contributed by atoms with Gasteiger partial charge in [0.25, 0.3) is 0 Å². The summed E-state index contributed by atoms with van der Waals surface area (Å²) >= 11 is 0. The summed E-state index contributed by atoms with van der Waals surface area (Å²) in [5, 5.41) is 23.5. The van der Waals surface area contributed by atoms with Crippen molar-refractivity contribution in [1.82, 2.24) is 5.32 Å². The Morgan fingerprint density at radius 1 is 0.314 bits per heavy atom. The molecule has 0 aliphatic heterocycles. The Hall–Kier alpha value is -1.40. The molecule has 512 valence electrons. The molecule has 0 radical (unpaired) electrons. The largest absolute Gasteiger partial charge is 0.466 e. The Labute approximate surface area is 539 Å². The minimum atomic E-state index is -0.662. The maximum absolute atomic E-state index is 12.6. The van der Waals surface area contributed by atoms with E-state index in [0.29, 0.717) is 25.9 Å². The normalized spacial score (nSPS) is 12.5. The molecule has 0 saturated carbocycles. The van der Waals surface area contributed by atoms with Crippen LogP contribution in [0.3, 0.4) is 0 Å². The van der Waals surface area contributed by atoms with E-state index in [-0.39, 0.29) is 18.5 Å². The van der Waals surface area contributed by atoms with Crippen LogP contribution in [0.1, 0.15) is 463 Å². The van der Waals surface area contributed by atoms with Gasteiger partial charge < -0.3 is 20.3 Å². The standard InChI is InChI=1S/C80H157NO5/c1-3-5-7-9-11-13-15-17-18-19-20-21-22-33-36-39-42-45-49-52-56-60-64-68-72-78(83)77(76-82)81-79(84)73-69-65-61-57-53-50-46-43-40-37-34-31-29-27-25-23-24-26-28-30-32-35-38-41-44-47-51-55-59-63-67-71-75-86-80(85)74-70-66-62-58-54-48-16-14-12-10-8-6-4-2/h14,16,77-78,82-83H,3-13,15,17-76H2,1-2H3,(H,81,84)/b16-14-. The average molecular weight is 1210 g/mol. The number of esters is 1. The Kier molecular flexibility index (Phi) is 74.8. The molecule has 3 N–H and O–H groups in total. The van der Waals surface area contributed by atoms with Crippen molar-refractivity contribution in [2.24, 2.45) is 0 Å². The number of hydrogen-bond acceptors (Lipinski definition) is 5. The first-order chi connectivity index (χ1) is 42.5. The van der Waals surface area contributed by atoms with Gasteiger partial charge >= 0.3 is 5.97 Å². The lowest BCUT2D eigenvalue weighted by molar-refractivity contribution is -0.143. The number of aliphatic hydroxyl groups is 2. The highest BCUT2D eigenvalue weighted by molar-refractivity contribution is 5.76. The van der Waals surface area contributed by atoms with Crippen molar-refractivity contribution in [2.45, 2.75) is 475 Å². The van der Waals surface area contributed by atoms with E-state index in [1.165, 1.54) is 385 Å². The summed E-state index contributed by atoms with van der Waals surface area (Å²) in [6.45, 7) is 4.99. The van der Waals surface area contributed by atoms with Crippen molar-refractivity contribution < 1.29 is 24.5 Å². The van der Waals surface area contributed by atoms with Crippen molar-refractivity contribution in [1.29, 1.82) is 0 Å². The van der Waals surface area contributed by atoms with Gasteiger partial charge in [0, 0.05) is 12.8 Å². The summed E-state index contributed by atoms with van der Waals surface area (Å²) in [7, 11) is 0. The van der Waals surface area contributed by atoms with E-state index < -0.39 is 12.1 Å². The third-order valence-corrected chi connectivity index (χ3v) is 19.1. The lowest BCUT2D eigenvalue weighted by Gasteiger charge is -2.22. The minimum Gasteiger partial charge on any atom is -0.466 e. The summed E-state index contributed by atoms with van der Waals surface area (Å²) in [6, 6.07) is -0.539. The average Bonchev–Trinajstić information content (AvgIpc) is 3.54. The van der Waals surface area contributed by atoms with Gasteiger partial charge in [0.15, 0.2) is 0 Å². The van der Waals surface area contributed by atoms with Crippen molar-refractivity contribution >= 4 is 11.9 Å². The van der Waals surface area contributed by atoms with E-state index in [1.807, 2.05) is 0 Å². The fourth-order valence-corrected chi connectivity index (χ4v) is 13.0. The summed E-state index contributed by atoms with van der Waals surface area (Å²) < 4.78 is 5.49. The van der Waals surface area contributed by atoms with Crippen LogP contribution < -0.4 is 5.32 Å². The third-order valence-electron chi connectivity index (χ3n) is 19.1. The molecule has 0 aromatic rings. The van der Waals surface area contributed by atoms with Gasteiger partial charge in [-0.25, -0.2) is 0 Å². The highest BCUT2D eigenvalue weighted by Gasteiger charge is 2.20. The Morgan fingerprint density at radius 2 is 0.547 bits per heavy atom. The number of unbranched alkanes of at least 4 members (excludes halogenated alkanes) is 63. The van der Waals surface area contributed by atoms with Gasteiger partial charge in [0.1, 0.15) is 0 Å². The summed E-state index contributed by atoms with van der Waals surface area (Å²) in [4.78, 5) is 24.6. The molecule has 0 aromatic carbocycles. The van der Waals surface area contributed by atoms with Crippen LogP contribution in [-0.4, -0.2) is 47.4 Å². The van der Waals surface area contributed by atoms with Crippen LogP contribution in [0.15, 0.2) is 12.2 Å². The van der Waals surface area contributed by atoms with Crippen LogP contribution in [-0.2, 0) is 14.3 Å². The second kappa shape index (κ2) is 76.1. The van der Waals surface area contributed by atoms with Crippen LogP contribution in [0.2, 0.25) is 0 Å². The Morgan fingerprint density at radius 3 is 0.837 bits per heavy atom. The van der Waals surface area contributed by atoms with Crippen molar-refractivity contribution in [2.75, 3.05) is 13.2 Å². The molecular formula is C80H157NO5. The van der Waals surface area contributed by atoms with Gasteiger partial charge in [-0.15, -0.1) is 0 Å². The predicted octanol–water partition coefficient (Wildman–Crippen LogP) is 26.3. The SMILES string of the molecule is CCCCCC/C=C\CCCCCCCC(=O)OCCCCCCCCCCCCCCCCCCCCCCCCCCCCCCCCCCC(=O)NC(CO)C(O)CCCCCCCCCCCCCCCCCCCCCCCCCC. The molecule has 0 fully saturated rings. The quantitative estimate of drug-likeness (QED) is 0.0320. The molecule has 0 aromatic heterocycles. The molecule has 0 rings (SSSR count). The van der Waals surface area contributed by atoms with Gasteiger partial charge in [-0.05, 0) is 51.4 Å². The smallest absolute Gasteiger partial charge is 0.305 e. The topological polar surface area (TPSA) is 95.9 Å². The van der Waals surface area contributed by atoms with E-state index in [2.05, 4.69) is 31.3 Å². The minimum absolute atomic E-state index is 0.0131. The molecule has 86 heavy (non-hydrogen) atoms. The molecule has 2 atom stereocenters. The van der Waals surface area contributed by atoms with Crippen LogP contribution >= 0.6 is 0 Å². The van der Waals surface area contributed by atoms with Crippen LogP contribution in [0.25, 0.3) is 0 Å². The molecule has 0 aliphatic rings. The van der Waals surface area contributed by atoms with Crippen LogP contribution in [0.4, 0.5) is 0 Å². The zero-order valence-corrected chi connectivity index (χ0v) is 58.8. The fourth-order valence-electron chi connectivity index (χ4n) is 13.0. The molecule has 0 aliphatic carbocycles. The van der Waals surface area contributed by atoms with Crippen LogP contribution in [0.5, 0.6) is 0 Å². The van der Waals surface area contributed by atoms with Crippen molar-refractivity contribution in [3.63, 3.8) is 0 Å². The summed E-state index contributed by atoms with van der Waals surface area (Å²) in [5.74, 6) is -0.0111. The molecular weight excluding hydrogens is 1050 g/mol. The molecule has 0 spiro atoms. The first-order valence-electron chi connectivity index (χ1n) is 39.9. The van der Waals surface area contributed by atoms with Crippen LogP contribution in [0, 0.1) is 0 Å². The second-order valence-corrected chi connectivity index (χ2v) is 27.8. The van der Waals surface area contributed by atoms with Gasteiger partial charge in [-0.1, -0.05) is 411 Å². The van der Waals surface area contributed by atoms with E-state index in [9.17, 15) is 19.8 Å². The van der Waals surface area contributed by atoms with Gasteiger partial charge in [-0.2, -0.15) is 0 Å². The van der Waals surface area contributed by atoms with Crippen molar-refractivity contribution in [3.8, 4) is 0 Å². The number of ether oxygens (including phenoxy) is 1. The summed E-state index contributed by atoms with van der Waals surface area (Å²) in [5.41, 5.74) is 0. The van der Waals surface area contributed by atoms with E-state index in [4.69, 9.17) is 4.74 Å². The summed E-state index contributed by atoms with van der Waals surface area (Å²) in [6.07, 6.45) is 95.9. The zero-order chi connectivity index (χ0) is 62.0. The van der Waals surface area contributed by atoms with E-state index in [0.717, 1.165) is 44.9 Å². The molecule has 1 amide bonds. The number of allylic oxidation sites excluding steroid dienone is 2.